The molecule has 1 unspecified atom stereocenters. The molecule has 1 aliphatic rings. The molecule has 1 aliphatic carbocycles. The van der Waals surface area contributed by atoms with Crippen molar-refractivity contribution in [3.05, 3.63) is 63.7 Å². The normalized spacial score (nSPS) is 16.5. The quantitative estimate of drug-likeness (QED) is 0.518. The first-order valence-corrected chi connectivity index (χ1v) is 7.39. The summed E-state index contributed by atoms with van der Waals surface area (Å²) < 4.78 is 0. The van der Waals surface area contributed by atoms with Crippen LogP contribution in [0.5, 0.6) is 0 Å². The average Bonchev–Trinajstić information content (AvgIpc) is 2.60. The standard InChI is InChI=1S/C17H16N2O4/c20-17(18-21)14-7-5-11-4-6-13(8-15(11)9-14)12-2-1-3-16(10-12)19(22)23/h1-4,6,8,10,14,21H,5,7,9H2,(H,18,20). The third-order valence-electron chi connectivity index (χ3n) is 4.31. The van der Waals surface area contributed by atoms with Gasteiger partial charge in [-0.25, -0.2) is 5.48 Å². The minimum Gasteiger partial charge on any atom is -0.289 e. The fourth-order valence-corrected chi connectivity index (χ4v) is 3.05. The monoisotopic (exact) mass is 312 g/mol. The highest BCUT2D eigenvalue weighted by Crippen LogP contribution is 2.31. The molecular formula is C17H16N2O4. The summed E-state index contributed by atoms with van der Waals surface area (Å²) in [5, 5.41) is 19.7. The summed E-state index contributed by atoms with van der Waals surface area (Å²) in [5.41, 5.74) is 5.66. The maximum atomic E-state index is 11.6. The van der Waals surface area contributed by atoms with Crippen molar-refractivity contribution in [2.24, 2.45) is 5.92 Å². The van der Waals surface area contributed by atoms with Gasteiger partial charge in [0.05, 0.1) is 4.92 Å². The number of hydroxylamine groups is 1. The second-order valence-corrected chi connectivity index (χ2v) is 5.71. The van der Waals surface area contributed by atoms with Crippen molar-refractivity contribution in [2.45, 2.75) is 19.3 Å². The van der Waals surface area contributed by atoms with Gasteiger partial charge >= 0.3 is 0 Å². The second-order valence-electron chi connectivity index (χ2n) is 5.71. The van der Waals surface area contributed by atoms with Crippen LogP contribution >= 0.6 is 0 Å². The van der Waals surface area contributed by atoms with Crippen molar-refractivity contribution in [2.75, 3.05) is 0 Å². The van der Waals surface area contributed by atoms with Gasteiger partial charge in [-0.15, -0.1) is 0 Å². The molecule has 2 aromatic carbocycles. The lowest BCUT2D eigenvalue weighted by Crippen LogP contribution is -2.31. The zero-order chi connectivity index (χ0) is 16.4. The van der Waals surface area contributed by atoms with Gasteiger partial charge in [0.2, 0.25) is 5.91 Å². The SMILES string of the molecule is O=C(NO)C1CCc2ccc(-c3cccc([N+](=O)[O-])c3)cc2C1. The number of nitrogens with one attached hydrogen (secondary N) is 1. The smallest absolute Gasteiger partial charge is 0.270 e. The van der Waals surface area contributed by atoms with Crippen LogP contribution in [-0.4, -0.2) is 16.0 Å². The highest BCUT2D eigenvalue weighted by molar-refractivity contribution is 5.78. The lowest BCUT2D eigenvalue weighted by molar-refractivity contribution is -0.384. The maximum Gasteiger partial charge on any atom is 0.270 e. The van der Waals surface area contributed by atoms with Crippen LogP contribution in [0.15, 0.2) is 42.5 Å². The molecule has 0 aliphatic heterocycles. The molecule has 3 rings (SSSR count). The number of hydrogen-bond acceptors (Lipinski definition) is 4. The van der Waals surface area contributed by atoms with E-state index in [4.69, 9.17) is 5.21 Å². The van der Waals surface area contributed by atoms with Crippen molar-refractivity contribution in [1.29, 1.82) is 0 Å². The predicted molar refractivity (Wildman–Crippen MR) is 84.0 cm³/mol. The fourth-order valence-electron chi connectivity index (χ4n) is 3.05. The highest BCUT2D eigenvalue weighted by atomic mass is 16.6. The molecule has 0 saturated heterocycles. The van der Waals surface area contributed by atoms with Gasteiger partial charge in [0.15, 0.2) is 0 Å². The second kappa shape index (κ2) is 6.18. The lowest BCUT2D eigenvalue weighted by atomic mass is 9.82. The third-order valence-corrected chi connectivity index (χ3v) is 4.31. The Balaban J connectivity index is 1.93. The van der Waals surface area contributed by atoms with E-state index in [-0.39, 0.29) is 17.5 Å². The van der Waals surface area contributed by atoms with Crippen molar-refractivity contribution in [3.8, 4) is 11.1 Å². The molecule has 0 saturated carbocycles. The number of benzene rings is 2. The van der Waals surface area contributed by atoms with Gasteiger partial charge in [-0.2, -0.15) is 0 Å². The topological polar surface area (TPSA) is 92.5 Å². The summed E-state index contributed by atoms with van der Waals surface area (Å²) in [7, 11) is 0. The van der Waals surface area contributed by atoms with Gasteiger partial charge in [-0.3, -0.25) is 20.1 Å². The van der Waals surface area contributed by atoms with E-state index in [1.807, 2.05) is 24.3 Å². The van der Waals surface area contributed by atoms with Crippen LogP contribution in [-0.2, 0) is 17.6 Å². The lowest BCUT2D eigenvalue weighted by Gasteiger charge is -2.23. The Morgan fingerprint density at radius 2 is 1.96 bits per heavy atom. The van der Waals surface area contributed by atoms with E-state index in [1.54, 1.807) is 17.6 Å². The molecule has 1 amide bonds. The Labute approximate surface area is 132 Å². The zero-order valence-corrected chi connectivity index (χ0v) is 12.4. The number of nitro groups is 1. The number of carbonyl (C=O) groups is 1. The Kier molecular flexibility index (Phi) is 4.08. The van der Waals surface area contributed by atoms with Crippen LogP contribution in [0.4, 0.5) is 5.69 Å². The number of amides is 1. The third kappa shape index (κ3) is 3.07. The summed E-state index contributed by atoms with van der Waals surface area (Å²) in [4.78, 5) is 22.1. The van der Waals surface area contributed by atoms with E-state index in [1.165, 1.54) is 11.6 Å². The number of nitrogens with zero attached hydrogens (tertiary/aromatic N) is 1. The van der Waals surface area contributed by atoms with Gasteiger partial charge in [0.25, 0.3) is 5.69 Å². The minimum atomic E-state index is -0.413. The molecule has 0 aromatic heterocycles. The van der Waals surface area contributed by atoms with E-state index in [2.05, 4.69) is 0 Å². The van der Waals surface area contributed by atoms with E-state index < -0.39 is 4.92 Å². The first kappa shape index (κ1) is 15.2. The Bertz CT molecular complexity index is 773. The van der Waals surface area contributed by atoms with Crippen LogP contribution in [0.3, 0.4) is 0 Å². The molecule has 6 heteroatoms. The van der Waals surface area contributed by atoms with Crippen molar-refractivity contribution in [3.63, 3.8) is 0 Å². The molecule has 0 heterocycles. The largest absolute Gasteiger partial charge is 0.289 e. The molecule has 6 nitrogen and oxygen atoms in total. The van der Waals surface area contributed by atoms with Gasteiger partial charge in [-0.05, 0) is 41.5 Å². The summed E-state index contributed by atoms with van der Waals surface area (Å²) >= 11 is 0. The van der Waals surface area contributed by atoms with Crippen molar-refractivity contribution >= 4 is 11.6 Å². The van der Waals surface area contributed by atoms with E-state index >= 15 is 0 Å². The first-order chi connectivity index (χ1) is 11.1. The Morgan fingerprint density at radius 3 is 2.70 bits per heavy atom. The Morgan fingerprint density at radius 1 is 1.17 bits per heavy atom. The van der Waals surface area contributed by atoms with Crippen molar-refractivity contribution in [1.82, 2.24) is 5.48 Å². The van der Waals surface area contributed by atoms with Crippen LogP contribution in [0, 0.1) is 16.0 Å². The molecule has 1 atom stereocenters. The fraction of sp³-hybridized carbons (Fsp3) is 0.235. The maximum absolute atomic E-state index is 11.6. The molecule has 118 valence electrons. The first-order valence-electron chi connectivity index (χ1n) is 7.39. The van der Waals surface area contributed by atoms with Crippen LogP contribution in [0.25, 0.3) is 11.1 Å². The van der Waals surface area contributed by atoms with E-state index in [0.717, 1.165) is 23.1 Å². The molecular weight excluding hydrogens is 296 g/mol. The van der Waals surface area contributed by atoms with Crippen LogP contribution < -0.4 is 5.48 Å². The Hall–Kier alpha value is -2.73. The number of rotatable bonds is 3. The molecule has 0 spiro atoms. The molecule has 0 fully saturated rings. The number of fused-ring (bicyclic) bond motifs is 1. The molecule has 2 N–H and O–H groups in total. The van der Waals surface area contributed by atoms with E-state index in [0.29, 0.717) is 12.8 Å². The number of carbonyl (C=O) groups excluding carboxylic acids is 1. The average molecular weight is 312 g/mol. The van der Waals surface area contributed by atoms with Crippen LogP contribution in [0.1, 0.15) is 17.5 Å². The van der Waals surface area contributed by atoms with Gasteiger partial charge < -0.3 is 0 Å². The highest BCUT2D eigenvalue weighted by Gasteiger charge is 2.24. The number of non-ortho nitro benzene ring substituents is 1. The summed E-state index contributed by atoms with van der Waals surface area (Å²) in [5.74, 6) is -0.607. The minimum absolute atomic E-state index is 0.0535. The molecule has 2 aromatic rings. The summed E-state index contributed by atoms with van der Waals surface area (Å²) in [6, 6.07) is 12.4. The van der Waals surface area contributed by atoms with Crippen LogP contribution in [0.2, 0.25) is 0 Å². The molecule has 0 bridgehead atoms. The molecule has 23 heavy (non-hydrogen) atoms. The van der Waals surface area contributed by atoms with Gasteiger partial charge in [0.1, 0.15) is 0 Å². The number of aryl methyl sites for hydroxylation is 1. The summed E-state index contributed by atoms with van der Waals surface area (Å²) in [6.07, 6.45) is 2.04. The summed E-state index contributed by atoms with van der Waals surface area (Å²) in [6.45, 7) is 0. The van der Waals surface area contributed by atoms with Crippen molar-refractivity contribution < 1.29 is 14.9 Å². The zero-order valence-electron chi connectivity index (χ0n) is 12.4. The number of hydrogen-bond donors (Lipinski definition) is 2. The van der Waals surface area contributed by atoms with E-state index in [9.17, 15) is 14.9 Å². The van der Waals surface area contributed by atoms with Gasteiger partial charge in [-0.1, -0.05) is 30.3 Å². The van der Waals surface area contributed by atoms with Gasteiger partial charge in [0, 0.05) is 18.1 Å². The molecule has 0 radical (unpaired) electrons. The number of nitro benzene ring substituents is 1. The predicted octanol–water partition coefficient (Wildman–Crippen LogP) is 2.87.